The summed E-state index contributed by atoms with van der Waals surface area (Å²) in [4.78, 5) is 11.5. The zero-order valence-electron chi connectivity index (χ0n) is 13.8. The predicted octanol–water partition coefficient (Wildman–Crippen LogP) is -0.333. The van der Waals surface area contributed by atoms with Gasteiger partial charge in [-0.05, 0) is 12.5 Å². The number of fused-ring (bicyclic) bond motifs is 1. The van der Waals surface area contributed by atoms with Crippen LogP contribution in [0.15, 0.2) is 27.4 Å². The van der Waals surface area contributed by atoms with E-state index in [4.69, 9.17) is 13.9 Å². The first kappa shape index (κ1) is 18.7. The molecule has 1 saturated heterocycles. The fourth-order valence-corrected chi connectivity index (χ4v) is 3.10. The van der Waals surface area contributed by atoms with Crippen molar-refractivity contribution in [3.8, 4) is 5.75 Å². The van der Waals surface area contributed by atoms with Crippen LogP contribution in [0.3, 0.4) is 0 Å². The second kappa shape index (κ2) is 7.29. The molecule has 9 heteroatoms. The molecule has 0 aliphatic carbocycles. The highest BCUT2D eigenvalue weighted by atomic mass is 19.1. The molecule has 1 aliphatic rings. The minimum Gasteiger partial charge on any atom is -0.462 e. The molecule has 0 unspecified atom stereocenters. The van der Waals surface area contributed by atoms with Gasteiger partial charge in [0.2, 0.25) is 6.29 Å². The normalized spacial score (nSPS) is 29.1. The monoisotopic (exact) mass is 370 g/mol. The standard InChI is InChI=1S/C17H19FO8/c1-7-2-13(21)25-11-4-8(3-10(18)14(7)11)24-17-16(23)15(22)9(5-19)12(6-20)26-17/h2-4,9,12,15-17,19-20,22-23H,5-6H2,1H3/t9-,12-,15+,16-,17+/m1/s1. The summed E-state index contributed by atoms with van der Waals surface area (Å²) in [6.45, 7) is 0.536. The third-order valence-electron chi connectivity index (χ3n) is 4.46. The Bertz CT molecular complexity index is 849. The van der Waals surface area contributed by atoms with Crippen molar-refractivity contribution in [2.24, 2.45) is 5.92 Å². The van der Waals surface area contributed by atoms with Gasteiger partial charge in [0, 0.05) is 24.1 Å². The van der Waals surface area contributed by atoms with Crippen LogP contribution in [-0.4, -0.2) is 58.2 Å². The average Bonchev–Trinajstić information content (AvgIpc) is 2.57. The van der Waals surface area contributed by atoms with Crippen LogP contribution in [0.4, 0.5) is 4.39 Å². The molecule has 5 atom stereocenters. The largest absolute Gasteiger partial charge is 0.462 e. The molecule has 142 valence electrons. The molecule has 0 bridgehead atoms. The Labute approximate surface area is 147 Å². The lowest BCUT2D eigenvalue weighted by molar-refractivity contribution is -0.267. The lowest BCUT2D eigenvalue weighted by Crippen LogP contribution is -2.58. The van der Waals surface area contributed by atoms with E-state index in [0.29, 0.717) is 5.56 Å². The first-order valence-corrected chi connectivity index (χ1v) is 7.99. The van der Waals surface area contributed by atoms with Crippen LogP contribution in [0.2, 0.25) is 0 Å². The zero-order chi connectivity index (χ0) is 19.0. The van der Waals surface area contributed by atoms with E-state index < -0.39 is 55.2 Å². The number of aryl methyl sites for hydroxylation is 1. The van der Waals surface area contributed by atoms with Gasteiger partial charge in [-0.1, -0.05) is 0 Å². The topological polar surface area (TPSA) is 130 Å². The van der Waals surface area contributed by atoms with Gasteiger partial charge in [0.1, 0.15) is 23.3 Å². The molecule has 1 aliphatic heterocycles. The number of ether oxygens (including phenoxy) is 2. The van der Waals surface area contributed by atoms with Gasteiger partial charge in [-0.2, -0.15) is 0 Å². The molecule has 26 heavy (non-hydrogen) atoms. The van der Waals surface area contributed by atoms with E-state index in [-0.39, 0.29) is 16.7 Å². The highest BCUT2D eigenvalue weighted by Gasteiger charge is 2.45. The van der Waals surface area contributed by atoms with Gasteiger partial charge < -0.3 is 34.3 Å². The molecule has 1 aromatic carbocycles. The minimum atomic E-state index is -1.54. The Morgan fingerprint density at radius 3 is 2.54 bits per heavy atom. The van der Waals surface area contributed by atoms with Gasteiger partial charge in [0.15, 0.2) is 0 Å². The van der Waals surface area contributed by atoms with Crippen molar-refractivity contribution in [1.29, 1.82) is 0 Å². The van der Waals surface area contributed by atoms with Crippen LogP contribution in [0.1, 0.15) is 5.56 Å². The third kappa shape index (κ3) is 3.31. The second-order valence-corrected chi connectivity index (χ2v) is 6.20. The molecule has 4 N–H and O–H groups in total. The lowest BCUT2D eigenvalue weighted by atomic mass is 9.90. The highest BCUT2D eigenvalue weighted by Crippen LogP contribution is 2.31. The SMILES string of the molecule is Cc1cc(=O)oc2cc(O[C@H]3O[C@H](CO)[C@@H](CO)[C@H](O)[C@H]3O)cc(F)c12. The van der Waals surface area contributed by atoms with Gasteiger partial charge >= 0.3 is 5.63 Å². The highest BCUT2D eigenvalue weighted by molar-refractivity contribution is 5.82. The summed E-state index contributed by atoms with van der Waals surface area (Å²) in [6, 6.07) is 3.46. The van der Waals surface area contributed by atoms with E-state index in [1.54, 1.807) is 6.92 Å². The smallest absolute Gasteiger partial charge is 0.336 e. The summed E-state index contributed by atoms with van der Waals surface area (Å²) < 4.78 is 30.1. The summed E-state index contributed by atoms with van der Waals surface area (Å²) >= 11 is 0. The first-order chi connectivity index (χ1) is 12.3. The first-order valence-electron chi connectivity index (χ1n) is 7.99. The molecular formula is C17H19FO8. The number of halogens is 1. The number of benzene rings is 1. The molecule has 8 nitrogen and oxygen atoms in total. The maximum Gasteiger partial charge on any atom is 0.336 e. The van der Waals surface area contributed by atoms with Gasteiger partial charge in [-0.3, -0.25) is 0 Å². The van der Waals surface area contributed by atoms with E-state index in [0.717, 1.165) is 12.1 Å². The molecule has 1 aromatic heterocycles. The Kier molecular flexibility index (Phi) is 5.26. The van der Waals surface area contributed by atoms with Crippen molar-refractivity contribution in [3.63, 3.8) is 0 Å². The van der Waals surface area contributed by atoms with Crippen molar-refractivity contribution >= 4 is 11.0 Å². The van der Waals surface area contributed by atoms with Crippen molar-refractivity contribution < 1.29 is 38.7 Å². The van der Waals surface area contributed by atoms with Gasteiger partial charge in [0.05, 0.1) is 30.8 Å². The zero-order valence-corrected chi connectivity index (χ0v) is 13.8. The molecule has 3 rings (SSSR count). The van der Waals surface area contributed by atoms with Crippen LogP contribution in [0.5, 0.6) is 5.75 Å². The molecular weight excluding hydrogens is 351 g/mol. The Morgan fingerprint density at radius 1 is 1.15 bits per heavy atom. The number of rotatable bonds is 4. The summed E-state index contributed by atoms with van der Waals surface area (Å²) in [7, 11) is 0. The quantitative estimate of drug-likeness (QED) is 0.538. The van der Waals surface area contributed by atoms with Crippen LogP contribution < -0.4 is 10.4 Å². The maximum atomic E-state index is 14.4. The summed E-state index contributed by atoms with van der Waals surface area (Å²) in [5.41, 5.74) is -0.291. The molecule has 0 spiro atoms. The number of hydrogen-bond acceptors (Lipinski definition) is 8. The van der Waals surface area contributed by atoms with E-state index >= 15 is 0 Å². The Hall–Kier alpha value is -2.04. The fraction of sp³-hybridized carbons (Fsp3) is 0.471. The van der Waals surface area contributed by atoms with E-state index in [1.165, 1.54) is 6.07 Å². The molecule has 0 amide bonds. The van der Waals surface area contributed by atoms with Crippen LogP contribution in [0.25, 0.3) is 11.0 Å². The van der Waals surface area contributed by atoms with Crippen molar-refractivity contribution in [2.45, 2.75) is 31.5 Å². The van der Waals surface area contributed by atoms with Crippen LogP contribution >= 0.6 is 0 Å². The second-order valence-electron chi connectivity index (χ2n) is 6.20. The third-order valence-corrected chi connectivity index (χ3v) is 4.46. The number of aliphatic hydroxyl groups is 4. The van der Waals surface area contributed by atoms with Crippen molar-refractivity contribution in [2.75, 3.05) is 13.2 Å². The van der Waals surface area contributed by atoms with E-state index in [9.17, 15) is 29.6 Å². The van der Waals surface area contributed by atoms with Crippen molar-refractivity contribution in [1.82, 2.24) is 0 Å². The molecule has 2 heterocycles. The average molecular weight is 370 g/mol. The van der Waals surface area contributed by atoms with Gasteiger partial charge in [-0.15, -0.1) is 0 Å². The number of hydrogen-bond donors (Lipinski definition) is 4. The Morgan fingerprint density at radius 2 is 1.88 bits per heavy atom. The van der Waals surface area contributed by atoms with E-state index in [1.807, 2.05) is 0 Å². The maximum absolute atomic E-state index is 14.4. The van der Waals surface area contributed by atoms with Crippen LogP contribution in [0, 0.1) is 18.7 Å². The lowest BCUT2D eigenvalue weighted by Gasteiger charge is -2.41. The summed E-state index contributed by atoms with van der Waals surface area (Å²) in [5.74, 6) is -1.69. The van der Waals surface area contributed by atoms with E-state index in [2.05, 4.69) is 0 Å². The molecule has 0 radical (unpaired) electrons. The predicted molar refractivity (Wildman–Crippen MR) is 86.1 cm³/mol. The van der Waals surface area contributed by atoms with Gasteiger partial charge in [0.25, 0.3) is 0 Å². The fourth-order valence-electron chi connectivity index (χ4n) is 3.10. The molecule has 0 saturated carbocycles. The summed E-state index contributed by atoms with van der Waals surface area (Å²) in [6.07, 6.45) is -5.35. The summed E-state index contributed by atoms with van der Waals surface area (Å²) in [5, 5.41) is 38.9. The Balaban J connectivity index is 1.92. The minimum absolute atomic E-state index is 0.0391. The van der Waals surface area contributed by atoms with Crippen LogP contribution in [-0.2, 0) is 4.74 Å². The molecule has 2 aromatic rings. The molecule has 1 fully saturated rings. The van der Waals surface area contributed by atoms with Gasteiger partial charge in [-0.25, -0.2) is 9.18 Å². The van der Waals surface area contributed by atoms with Crippen molar-refractivity contribution in [3.05, 3.63) is 40.0 Å². The number of aliphatic hydroxyl groups excluding tert-OH is 4.